The smallest absolute Gasteiger partial charge is 0.335 e. The van der Waals surface area contributed by atoms with E-state index in [1.54, 1.807) is 61.5 Å². The number of sulfonamides is 1. The highest BCUT2D eigenvalue weighted by Gasteiger charge is 2.36. The minimum absolute atomic E-state index is 0.0109. The summed E-state index contributed by atoms with van der Waals surface area (Å²) in [5.74, 6) is -2.18. The minimum atomic E-state index is -3.77. The molecule has 0 saturated heterocycles. The molecule has 6 rings (SSSR count). The summed E-state index contributed by atoms with van der Waals surface area (Å²) in [5.41, 5.74) is -0.148. The van der Waals surface area contributed by atoms with Gasteiger partial charge in [0.25, 0.3) is 23.2 Å². The quantitative estimate of drug-likeness (QED) is 0.0567. The molecule has 0 bridgehead atoms. The van der Waals surface area contributed by atoms with Crippen LogP contribution in [-0.2, 0) is 21.4 Å². The van der Waals surface area contributed by atoms with Gasteiger partial charge in [-0.1, -0.05) is 136 Å². The summed E-state index contributed by atoms with van der Waals surface area (Å²) in [6.45, 7) is 3.90. The van der Waals surface area contributed by atoms with Crippen molar-refractivity contribution in [1.29, 1.82) is 0 Å². The van der Waals surface area contributed by atoms with Crippen molar-refractivity contribution in [2.45, 2.75) is 90.6 Å². The maximum Gasteiger partial charge on any atom is 0.335 e. The van der Waals surface area contributed by atoms with Gasteiger partial charge in [0.2, 0.25) is 10.0 Å². The van der Waals surface area contributed by atoms with Crippen molar-refractivity contribution < 1.29 is 23.1 Å². The van der Waals surface area contributed by atoms with E-state index in [0.29, 0.717) is 17.7 Å². The fourth-order valence-corrected chi connectivity index (χ4v) is 8.89. The van der Waals surface area contributed by atoms with Gasteiger partial charge in [0.05, 0.1) is 51.9 Å². The van der Waals surface area contributed by atoms with Crippen LogP contribution in [0.25, 0.3) is 16.6 Å². The number of rotatable bonds is 22. The molecule has 2 heterocycles. The number of carbonyl (C=O) groups is 1. The SMILES string of the molecule is CCCCCCCCCCCCS(=O)(=O)Nc1ccc(Cl)c(NC(=O)C(c2nc3ccc(Cl)cc3c(=O)n2-c2ccccc2)n2c(O)c(OCC)n(Cc3ccccc3)c2=O)c1. The van der Waals surface area contributed by atoms with Crippen molar-refractivity contribution in [3.63, 3.8) is 0 Å². The molecule has 13 nitrogen and oxygen atoms in total. The summed E-state index contributed by atoms with van der Waals surface area (Å²) in [6, 6.07) is 24.3. The molecule has 0 radical (unpaired) electrons. The first-order valence-corrected chi connectivity index (χ1v) is 23.4. The third-order valence-electron chi connectivity index (χ3n) is 10.5. The zero-order valence-corrected chi connectivity index (χ0v) is 37.2. The topological polar surface area (TPSA) is 167 Å². The highest BCUT2D eigenvalue weighted by atomic mass is 35.5. The number of carbonyl (C=O) groups excluding carboxylic acids is 1. The molecule has 62 heavy (non-hydrogen) atoms. The van der Waals surface area contributed by atoms with E-state index in [2.05, 4.69) is 17.0 Å². The number of nitrogens with one attached hydrogen (secondary N) is 2. The molecule has 0 saturated carbocycles. The Morgan fingerprint density at radius 1 is 0.823 bits per heavy atom. The Kier molecular flexibility index (Phi) is 15.9. The molecule has 1 unspecified atom stereocenters. The van der Waals surface area contributed by atoms with Crippen LogP contribution in [-0.4, -0.2) is 50.5 Å². The van der Waals surface area contributed by atoms with Crippen LogP contribution in [0.3, 0.4) is 0 Å². The van der Waals surface area contributed by atoms with Crippen molar-refractivity contribution in [1.82, 2.24) is 18.7 Å². The summed E-state index contributed by atoms with van der Waals surface area (Å²) in [7, 11) is -3.77. The fraction of sp³-hybridized carbons (Fsp3) is 0.348. The summed E-state index contributed by atoms with van der Waals surface area (Å²) >= 11 is 13.0. The lowest BCUT2D eigenvalue weighted by Gasteiger charge is -2.22. The molecule has 2 aromatic heterocycles. The second-order valence-corrected chi connectivity index (χ2v) is 17.8. The van der Waals surface area contributed by atoms with Crippen LogP contribution < -0.4 is 26.0 Å². The number of aromatic nitrogens is 4. The number of benzene rings is 4. The largest absolute Gasteiger partial charge is 0.491 e. The first-order chi connectivity index (χ1) is 29.9. The van der Waals surface area contributed by atoms with E-state index in [-0.39, 0.29) is 62.9 Å². The van der Waals surface area contributed by atoms with Crippen LogP contribution in [0.4, 0.5) is 11.4 Å². The first kappa shape index (κ1) is 45.9. The van der Waals surface area contributed by atoms with Crippen LogP contribution in [0, 0.1) is 0 Å². The number of fused-ring (bicyclic) bond motifs is 1. The number of halogens is 2. The molecular weight excluding hydrogens is 852 g/mol. The van der Waals surface area contributed by atoms with Gasteiger partial charge in [-0.25, -0.2) is 22.8 Å². The molecule has 16 heteroatoms. The van der Waals surface area contributed by atoms with Crippen molar-refractivity contribution in [3.8, 4) is 17.4 Å². The maximum atomic E-state index is 15.0. The standard InChI is InChI=1S/C46H52Cl2N6O7S/c1-3-5-6-7-8-9-10-11-12-19-28-62(59,60)51-34-25-26-37(48)39(30-34)50-42(55)40(54-44(57)45(61-4-2)52(46(54)58)31-32-20-15-13-16-21-32)41-49-38-27-24-33(47)29-36(38)43(56)53(41)35-22-17-14-18-23-35/h13-18,20-27,29-30,40,51,57H,3-12,19,28,31H2,1-2H3,(H,50,55). The van der Waals surface area contributed by atoms with Gasteiger partial charge in [-0.3, -0.25) is 23.4 Å². The zero-order chi connectivity index (χ0) is 44.2. The Morgan fingerprint density at radius 2 is 1.47 bits per heavy atom. The monoisotopic (exact) mass is 902 g/mol. The van der Waals surface area contributed by atoms with E-state index in [4.69, 9.17) is 32.9 Å². The number of hydrogen-bond acceptors (Lipinski definition) is 8. The molecule has 0 spiro atoms. The number of ether oxygens (including phenoxy) is 1. The molecule has 328 valence electrons. The number of aromatic hydroxyl groups is 1. The third-order valence-corrected chi connectivity index (χ3v) is 12.4. The summed E-state index contributed by atoms with van der Waals surface area (Å²) in [4.78, 5) is 48.9. The van der Waals surface area contributed by atoms with Crippen LogP contribution in [0.2, 0.25) is 10.0 Å². The molecular formula is C46H52Cl2N6O7S. The van der Waals surface area contributed by atoms with E-state index in [9.17, 15) is 27.9 Å². The lowest BCUT2D eigenvalue weighted by molar-refractivity contribution is -0.118. The molecule has 0 aliphatic rings. The van der Waals surface area contributed by atoms with Crippen LogP contribution in [0.15, 0.2) is 107 Å². The van der Waals surface area contributed by atoms with Gasteiger partial charge < -0.3 is 15.2 Å². The molecule has 3 N–H and O–H groups in total. The Labute approximate surface area is 371 Å². The Bertz CT molecular complexity index is 2700. The molecule has 0 aliphatic heterocycles. The number of imidazole rings is 1. The molecule has 1 amide bonds. The number of para-hydroxylation sites is 1. The second kappa shape index (κ2) is 21.5. The summed E-state index contributed by atoms with van der Waals surface area (Å²) < 4.78 is 38.0. The van der Waals surface area contributed by atoms with E-state index in [0.717, 1.165) is 30.3 Å². The minimum Gasteiger partial charge on any atom is -0.491 e. The number of hydrogen-bond donors (Lipinski definition) is 3. The lowest BCUT2D eigenvalue weighted by atomic mass is 10.1. The van der Waals surface area contributed by atoms with Crippen molar-refractivity contribution in [3.05, 3.63) is 139 Å². The van der Waals surface area contributed by atoms with Crippen molar-refractivity contribution in [2.75, 3.05) is 22.4 Å². The first-order valence-electron chi connectivity index (χ1n) is 21.0. The highest BCUT2D eigenvalue weighted by molar-refractivity contribution is 7.92. The molecule has 6 aromatic rings. The van der Waals surface area contributed by atoms with E-state index in [1.165, 1.54) is 77.6 Å². The Balaban J connectivity index is 1.38. The summed E-state index contributed by atoms with van der Waals surface area (Å²) in [5, 5.41) is 15.1. The average Bonchev–Trinajstić information content (AvgIpc) is 3.47. The Hall–Kier alpha value is -5.57. The van der Waals surface area contributed by atoms with Gasteiger partial charge in [0.15, 0.2) is 6.04 Å². The van der Waals surface area contributed by atoms with Gasteiger partial charge in [0.1, 0.15) is 5.82 Å². The van der Waals surface area contributed by atoms with Gasteiger partial charge in [-0.05, 0) is 67.4 Å². The predicted molar refractivity (Wildman–Crippen MR) is 247 cm³/mol. The van der Waals surface area contributed by atoms with Crippen LogP contribution in [0.5, 0.6) is 11.8 Å². The van der Waals surface area contributed by atoms with Gasteiger partial charge in [0, 0.05) is 5.02 Å². The highest BCUT2D eigenvalue weighted by Crippen LogP contribution is 2.34. The molecule has 0 aliphatic carbocycles. The van der Waals surface area contributed by atoms with Gasteiger partial charge >= 0.3 is 5.69 Å². The normalized spacial score (nSPS) is 12.1. The van der Waals surface area contributed by atoms with Gasteiger partial charge in [-0.2, -0.15) is 0 Å². The molecule has 1 atom stereocenters. The van der Waals surface area contributed by atoms with Crippen molar-refractivity contribution in [2.24, 2.45) is 0 Å². The number of anilines is 2. The van der Waals surface area contributed by atoms with E-state index < -0.39 is 39.1 Å². The van der Waals surface area contributed by atoms with E-state index in [1.807, 2.05) is 6.07 Å². The zero-order valence-electron chi connectivity index (χ0n) is 34.9. The lowest BCUT2D eigenvalue weighted by Crippen LogP contribution is -2.39. The average molecular weight is 904 g/mol. The number of nitrogens with zero attached hydrogens (tertiary/aromatic N) is 4. The Morgan fingerprint density at radius 3 is 2.13 bits per heavy atom. The number of unbranched alkanes of at least 4 members (excludes halogenated alkanes) is 9. The summed E-state index contributed by atoms with van der Waals surface area (Å²) in [6.07, 6.45) is 10.6. The molecule has 0 fully saturated rings. The predicted octanol–water partition coefficient (Wildman–Crippen LogP) is 9.70. The fourth-order valence-electron chi connectivity index (χ4n) is 7.38. The maximum absolute atomic E-state index is 15.0. The second-order valence-electron chi connectivity index (χ2n) is 15.1. The van der Waals surface area contributed by atoms with Crippen LogP contribution >= 0.6 is 23.2 Å². The number of amides is 1. The van der Waals surface area contributed by atoms with Gasteiger partial charge in [-0.15, -0.1) is 0 Å². The van der Waals surface area contributed by atoms with Crippen molar-refractivity contribution >= 4 is 61.4 Å². The third kappa shape index (κ3) is 11.3. The molecule has 4 aromatic carbocycles. The van der Waals surface area contributed by atoms with Crippen LogP contribution in [0.1, 0.15) is 95.5 Å². The van der Waals surface area contributed by atoms with E-state index >= 15 is 0 Å².